The van der Waals surface area contributed by atoms with Crippen LogP contribution < -0.4 is 10.2 Å². The highest BCUT2D eigenvalue weighted by Gasteiger charge is 2.34. The lowest BCUT2D eigenvalue weighted by atomic mass is 10.1. The SMILES string of the molecule is CCN(C)c1ccc(CN(C2CC2)C2CCNC2)cn1.Cl. The third kappa shape index (κ3) is 4.09. The molecule has 0 bridgehead atoms. The molecule has 2 heterocycles. The van der Waals surface area contributed by atoms with E-state index >= 15 is 0 Å². The van der Waals surface area contributed by atoms with Gasteiger partial charge in [0.15, 0.2) is 0 Å². The van der Waals surface area contributed by atoms with Crippen LogP contribution in [0.25, 0.3) is 0 Å². The van der Waals surface area contributed by atoms with Gasteiger partial charge in [-0.15, -0.1) is 12.4 Å². The molecular weight excluding hydrogens is 284 g/mol. The van der Waals surface area contributed by atoms with E-state index in [9.17, 15) is 0 Å². The Balaban J connectivity index is 0.00000161. The third-order valence-electron chi connectivity index (χ3n) is 4.56. The molecule has 1 N–H and O–H groups in total. The molecule has 21 heavy (non-hydrogen) atoms. The van der Waals surface area contributed by atoms with Gasteiger partial charge in [0.25, 0.3) is 0 Å². The number of aromatic nitrogens is 1. The first-order chi connectivity index (χ1) is 9.78. The lowest BCUT2D eigenvalue weighted by molar-refractivity contribution is 0.188. The van der Waals surface area contributed by atoms with Crippen molar-refractivity contribution in [3.63, 3.8) is 0 Å². The van der Waals surface area contributed by atoms with Gasteiger partial charge in [-0.3, -0.25) is 4.90 Å². The number of anilines is 1. The molecular formula is C16H27ClN4. The Bertz CT molecular complexity index is 426. The van der Waals surface area contributed by atoms with Gasteiger partial charge in [0, 0.05) is 45.0 Å². The molecule has 0 radical (unpaired) electrons. The summed E-state index contributed by atoms with van der Waals surface area (Å²) in [5, 5.41) is 3.49. The van der Waals surface area contributed by atoms with E-state index in [2.05, 4.69) is 52.4 Å². The average molecular weight is 311 g/mol. The first-order valence-corrected chi connectivity index (χ1v) is 7.90. The largest absolute Gasteiger partial charge is 0.360 e. The minimum atomic E-state index is 0. The van der Waals surface area contributed by atoms with Crippen LogP contribution in [0.1, 0.15) is 31.7 Å². The maximum Gasteiger partial charge on any atom is 0.128 e. The zero-order chi connectivity index (χ0) is 13.9. The topological polar surface area (TPSA) is 31.4 Å². The summed E-state index contributed by atoms with van der Waals surface area (Å²) >= 11 is 0. The Hall–Kier alpha value is -0.840. The molecule has 1 atom stereocenters. The Labute approximate surface area is 134 Å². The lowest BCUT2D eigenvalue weighted by Crippen LogP contribution is -2.38. The van der Waals surface area contributed by atoms with E-state index in [4.69, 9.17) is 0 Å². The number of halogens is 1. The normalized spacial score (nSPS) is 21.4. The zero-order valence-corrected chi connectivity index (χ0v) is 13.9. The monoisotopic (exact) mass is 310 g/mol. The van der Waals surface area contributed by atoms with Crippen molar-refractivity contribution < 1.29 is 0 Å². The maximum absolute atomic E-state index is 4.59. The summed E-state index contributed by atoms with van der Waals surface area (Å²) in [6.07, 6.45) is 6.10. The molecule has 1 saturated carbocycles. The smallest absolute Gasteiger partial charge is 0.128 e. The first kappa shape index (κ1) is 16.5. The minimum absolute atomic E-state index is 0. The molecule has 1 aromatic heterocycles. The molecule has 4 nitrogen and oxygen atoms in total. The van der Waals surface area contributed by atoms with Crippen molar-refractivity contribution in [1.82, 2.24) is 15.2 Å². The zero-order valence-electron chi connectivity index (χ0n) is 13.1. The van der Waals surface area contributed by atoms with Crippen LogP contribution in [0.4, 0.5) is 5.82 Å². The van der Waals surface area contributed by atoms with E-state index in [-0.39, 0.29) is 12.4 Å². The summed E-state index contributed by atoms with van der Waals surface area (Å²) < 4.78 is 0. The van der Waals surface area contributed by atoms with Gasteiger partial charge < -0.3 is 10.2 Å². The van der Waals surface area contributed by atoms with Crippen molar-refractivity contribution in [2.75, 3.05) is 31.6 Å². The predicted molar refractivity (Wildman–Crippen MR) is 90.3 cm³/mol. The maximum atomic E-state index is 4.59. The minimum Gasteiger partial charge on any atom is -0.360 e. The fourth-order valence-corrected chi connectivity index (χ4v) is 2.99. The summed E-state index contributed by atoms with van der Waals surface area (Å²) in [6.45, 7) is 6.53. The van der Waals surface area contributed by atoms with Gasteiger partial charge in [0.1, 0.15) is 5.82 Å². The van der Waals surface area contributed by atoms with Crippen molar-refractivity contribution >= 4 is 18.2 Å². The van der Waals surface area contributed by atoms with Gasteiger partial charge in [-0.2, -0.15) is 0 Å². The van der Waals surface area contributed by atoms with Gasteiger partial charge in [-0.05, 0) is 44.4 Å². The van der Waals surface area contributed by atoms with Crippen LogP contribution in [-0.4, -0.2) is 48.6 Å². The van der Waals surface area contributed by atoms with E-state index in [1.807, 2.05) is 0 Å². The van der Waals surface area contributed by atoms with Crippen LogP contribution in [0, 0.1) is 0 Å². The average Bonchev–Trinajstić information content (AvgIpc) is 3.19. The molecule has 5 heteroatoms. The van der Waals surface area contributed by atoms with E-state index < -0.39 is 0 Å². The van der Waals surface area contributed by atoms with Crippen LogP contribution in [0.15, 0.2) is 18.3 Å². The van der Waals surface area contributed by atoms with E-state index in [1.165, 1.54) is 31.4 Å². The number of hydrogen-bond acceptors (Lipinski definition) is 4. The summed E-state index contributed by atoms with van der Waals surface area (Å²) in [4.78, 5) is 9.46. The summed E-state index contributed by atoms with van der Waals surface area (Å²) in [6, 6.07) is 5.93. The van der Waals surface area contributed by atoms with Crippen molar-refractivity contribution in [3.8, 4) is 0 Å². The molecule has 1 aromatic rings. The molecule has 1 unspecified atom stereocenters. The predicted octanol–water partition coefficient (Wildman–Crippen LogP) is 2.29. The van der Waals surface area contributed by atoms with Crippen molar-refractivity contribution in [2.45, 2.75) is 44.8 Å². The number of nitrogens with zero attached hydrogens (tertiary/aromatic N) is 3. The molecule has 2 fully saturated rings. The number of pyridine rings is 1. The quantitative estimate of drug-likeness (QED) is 0.873. The fraction of sp³-hybridized carbons (Fsp3) is 0.688. The molecule has 0 spiro atoms. The first-order valence-electron chi connectivity index (χ1n) is 7.90. The highest BCUT2D eigenvalue weighted by Crippen LogP contribution is 2.31. The molecule has 0 aromatic carbocycles. The Morgan fingerprint density at radius 3 is 2.57 bits per heavy atom. The fourth-order valence-electron chi connectivity index (χ4n) is 2.99. The van der Waals surface area contributed by atoms with E-state index in [0.29, 0.717) is 0 Å². The molecule has 1 aliphatic heterocycles. The molecule has 118 valence electrons. The second-order valence-corrected chi connectivity index (χ2v) is 6.09. The number of nitrogens with one attached hydrogen (secondary N) is 1. The second-order valence-electron chi connectivity index (χ2n) is 6.09. The van der Waals surface area contributed by atoms with Crippen molar-refractivity contribution in [3.05, 3.63) is 23.9 Å². The van der Waals surface area contributed by atoms with Gasteiger partial charge in [0.2, 0.25) is 0 Å². The molecule has 1 aliphatic carbocycles. The molecule has 0 amide bonds. The van der Waals surface area contributed by atoms with Crippen LogP contribution in [0.5, 0.6) is 0 Å². The summed E-state index contributed by atoms with van der Waals surface area (Å²) in [5.41, 5.74) is 1.34. The van der Waals surface area contributed by atoms with Gasteiger partial charge in [-0.1, -0.05) is 6.07 Å². The van der Waals surface area contributed by atoms with E-state index in [1.54, 1.807) is 0 Å². The molecule has 1 saturated heterocycles. The van der Waals surface area contributed by atoms with Crippen LogP contribution in [-0.2, 0) is 6.54 Å². The van der Waals surface area contributed by atoms with Gasteiger partial charge in [0.05, 0.1) is 0 Å². The van der Waals surface area contributed by atoms with Crippen molar-refractivity contribution in [2.24, 2.45) is 0 Å². The molecule has 2 aliphatic rings. The Morgan fingerprint density at radius 2 is 2.05 bits per heavy atom. The highest BCUT2D eigenvalue weighted by molar-refractivity contribution is 5.85. The number of hydrogen-bond donors (Lipinski definition) is 1. The van der Waals surface area contributed by atoms with E-state index in [0.717, 1.165) is 37.5 Å². The lowest BCUT2D eigenvalue weighted by Gasteiger charge is -2.28. The summed E-state index contributed by atoms with van der Waals surface area (Å²) in [5.74, 6) is 1.07. The van der Waals surface area contributed by atoms with Crippen LogP contribution in [0.3, 0.4) is 0 Å². The second kappa shape index (κ2) is 7.43. The Kier molecular flexibility index (Phi) is 5.85. The van der Waals surface area contributed by atoms with Gasteiger partial charge in [-0.25, -0.2) is 4.98 Å². The Morgan fingerprint density at radius 1 is 1.24 bits per heavy atom. The number of rotatable bonds is 6. The standard InChI is InChI=1S/C16H26N4.ClH/c1-3-19(2)16-7-4-13(10-18-16)12-20(14-5-6-14)15-8-9-17-11-15;/h4,7,10,14-15,17H,3,5-6,8-9,11-12H2,1-2H3;1H. The van der Waals surface area contributed by atoms with Crippen LogP contribution >= 0.6 is 12.4 Å². The van der Waals surface area contributed by atoms with Crippen LogP contribution in [0.2, 0.25) is 0 Å². The van der Waals surface area contributed by atoms with Crippen molar-refractivity contribution in [1.29, 1.82) is 0 Å². The summed E-state index contributed by atoms with van der Waals surface area (Å²) in [7, 11) is 2.09. The van der Waals surface area contributed by atoms with Gasteiger partial charge >= 0.3 is 0 Å². The molecule has 3 rings (SSSR count). The highest BCUT2D eigenvalue weighted by atomic mass is 35.5. The third-order valence-corrected chi connectivity index (χ3v) is 4.56.